The van der Waals surface area contributed by atoms with Gasteiger partial charge in [0.1, 0.15) is 0 Å². The van der Waals surface area contributed by atoms with Gasteiger partial charge in [0.2, 0.25) is 0 Å². The van der Waals surface area contributed by atoms with E-state index in [1.54, 1.807) is 16.8 Å². The number of aliphatic hydroxyl groups excluding tert-OH is 1. The van der Waals surface area contributed by atoms with Gasteiger partial charge in [0.25, 0.3) is 5.91 Å². The maximum absolute atomic E-state index is 11.6. The fourth-order valence-corrected chi connectivity index (χ4v) is 1.78. The quantitative estimate of drug-likeness (QED) is 0.726. The molecule has 0 aliphatic heterocycles. The number of rotatable bonds is 6. The third-order valence-corrected chi connectivity index (χ3v) is 2.80. The molecule has 0 bridgehead atoms. The molecule has 0 aliphatic rings. The largest absolute Gasteiger partial charge is 0.395 e. The number of aliphatic hydroxyl groups is 1. The zero-order valence-corrected chi connectivity index (χ0v) is 11.3. The van der Waals surface area contributed by atoms with Gasteiger partial charge in [-0.15, -0.1) is 0 Å². The van der Waals surface area contributed by atoms with Crippen LogP contribution in [0.4, 0.5) is 5.69 Å². The van der Waals surface area contributed by atoms with Crippen LogP contribution in [0.3, 0.4) is 0 Å². The summed E-state index contributed by atoms with van der Waals surface area (Å²) in [5.41, 5.74) is 2.61. The Morgan fingerprint density at radius 1 is 1.35 bits per heavy atom. The minimum atomic E-state index is -0.183. The number of benzene rings is 1. The van der Waals surface area contributed by atoms with E-state index in [4.69, 9.17) is 5.11 Å². The lowest BCUT2D eigenvalue weighted by atomic mass is 10.2. The fourth-order valence-electron chi connectivity index (χ4n) is 1.78. The van der Waals surface area contributed by atoms with Crippen molar-refractivity contribution in [2.24, 2.45) is 7.05 Å². The van der Waals surface area contributed by atoms with Crippen molar-refractivity contribution in [2.45, 2.75) is 6.54 Å². The fraction of sp³-hybridized carbons (Fsp3) is 0.286. The van der Waals surface area contributed by atoms with Gasteiger partial charge in [-0.25, -0.2) is 0 Å². The van der Waals surface area contributed by atoms with Gasteiger partial charge in [-0.2, -0.15) is 5.10 Å². The summed E-state index contributed by atoms with van der Waals surface area (Å²) < 4.78 is 1.76. The first-order valence-electron chi connectivity index (χ1n) is 6.39. The normalized spacial score (nSPS) is 10.3. The Balaban J connectivity index is 1.89. The molecule has 0 saturated heterocycles. The van der Waals surface area contributed by atoms with Gasteiger partial charge in [-0.05, 0) is 24.3 Å². The standard InChI is InChI=1S/C14H18N4O2/c1-18-10-11(9-17-18)8-16-13-4-2-12(3-5-13)14(20)15-6-7-19/h2-5,9-10,16,19H,6-8H2,1H3,(H,15,20). The number of hydrogen-bond donors (Lipinski definition) is 3. The predicted octanol–water partition coefficient (Wildman–Crippen LogP) is 0.754. The van der Waals surface area contributed by atoms with E-state index in [1.807, 2.05) is 31.6 Å². The van der Waals surface area contributed by atoms with Gasteiger partial charge < -0.3 is 15.7 Å². The van der Waals surface area contributed by atoms with Crippen LogP contribution >= 0.6 is 0 Å². The van der Waals surface area contributed by atoms with E-state index in [9.17, 15) is 4.79 Å². The minimum Gasteiger partial charge on any atom is -0.395 e. The first-order chi connectivity index (χ1) is 9.69. The highest BCUT2D eigenvalue weighted by Gasteiger charge is 2.04. The smallest absolute Gasteiger partial charge is 0.251 e. The van der Waals surface area contributed by atoms with Crippen molar-refractivity contribution in [1.82, 2.24) is 15.1 Å². The lowest BCUT2D eigenvalue weighted by Gasteiger charge is -2.07. The van der Waals surface area contributed by atoms with E-state index >= 15 is 0 Å². The molecular formula is C14H18N4O2. The number of aromatic nitrogens is 2. The molecule has 0 saturated carbocycles. The molecule has 20 heavy (non-hydrogen) atoms. The Bertz CT molecular complexity index is 563. The maximum atomic E-state index is 11.6. The number of carbonyl (C=O) groups excluding carboxylic acids is 1. The predicted molar refractivity (Wildman–Crippen MR) is 76.4 cm³/mol. The second kappa shape index (κ2) is 6.72. The molecule has 6 nitrogen and oxygen atoms in total. The Morgan fingerprint density at radius 2 is 2.10 bits per heavy atom. The monoisotopic (exact) mass is 274 g/mol. The molecule has 1 heterocycles. The molecule has 106 valence electrons. The Morgan fingerprint density at radius 3 is 2.70 bits per heavy atom. The summed E-state index contributed by atoms with van der Waals surface area (Å²) in [5.74, 6) is -0.183. The average Bonchev–Trinajstić information content (AvgIpc) is 2.89. The van der Waals surface area contributed by atoms with Crippen LogP contribution in [0.15, 0.2) is 36.7 Å². The van der Waals surface area contributed by atoms with Gasteiger partial charge in [-0.1, -0.05) is 0 Å². The van der Waals surface area contributed by atoms with Gasteiger partial charge in [0.05, 0.1) is 12.8 Å². The van der Waals surface area contributed by atoms with E-state index in [0.717, 1.165) is 11.3 Å². The van der Waals surface area contributed by atoms with Crippen LogP contribution in [-0.4, -0.2) is 33.9 Å². The van der Waals surface area contributed by atoms with Crippen molar-refractivity contribution in [2.75, 3.05) is 18.5 Å². The first-order valence-corrected chi connectivity index (χ1v) is 6.39. The van der Waals surface area contributed by atoms with Gasteiger partial charge in [0.15, 0.2) is 0 Å². The van der Waals surface area contributed by atoms with Crippen LogP contribution in [0, 0.1) is 0 Å². The topological polar surface area (TPSA) is 79.2 Å². The van der Waals surface area contributed by atoms with E-state index in [2.05, 4.69) is 15.7 Å². The van der Waals surface area contributed by atoms with Crippen LogP contribution in [0.2, 0.25) is 0 Å². The zero-order chi connectivity index (χ0) is 14.4. The number of anilines is 1. The van der Waals surface area contributed by atoms with Crippen LogP contribution < -0.4 is 10.6 Å². The Hall–Kier alpha value is -2.34. The van der Waals surface area contributed by atoms with Crippen molar-refractivity contribution in [1.29, 1.82) is 0 Å². The summed E-state index contributed by atoms with van der Waals surface area (Å²) >= 11 is 0. The summed E-state index contributed by atoms with van der Waals surface area (Å²) in [5, 5.41) is 18.6. The summed E-state index contributed by atoms with van der Waals surface area (Å²) in [6.07, 6.45) is 3.76. The summed E-state index contributed by atoms with van der Waals surface area (Å²) in [6.45, 7) is 0.889. The Labute approximate surface area is 117 Å². The molecule has 0 unspecified atom stereocenters. The highest BCUT2D eigenvalue weighted by molar-refractivity contribution is 5.94. The summed E-state index contributed by atoms with van der Waals surface area (Å²) in [6, 6.07) is 7.20. The molecule has 1 aromatic carbocycles. The average molecular weight is 274 g/mol. The molecular weight excluding hydrogens is 256 g/mol. The third kappa shape index (κ3) is 3.83. The van der Waals surface area contributed by atoms with Gasteiger partial charge in [-0.3, -0.25) is 9.48 Å². The maximum Gasteiger partial charge on any atom is 0.251 e. The SMILES string of the molecule is Cn1cc(CNc2ccc(C(=O)NCCO)cc2)cn1. The molecule has 1 amide bonds. The number of hydrogen-bond acceptors (Lipinski definition) is 4. The second-order valence-electron chi connectivity index (χ2n) is 4.43. The third-order valence-electron chi connectivity index (χ3n) is 2.80. The molecule has 0 radical (unpaired) electrons. The van der Waals surface area contributed by atoms with Crippen molar-refractivity contribution in [3.05, 3.63) is 47.8 Å². The molecule has 2 rings (SSSR count). The van der Waals surface area contributed by atoms with Gasteiger partial charge >= 0.3 is 0 Å². The van der Waals surface area contributed by atoms with Crippen molar-refractivity contribution >= 4 is 11.6 Å². The molecule has 0 fully saturated rings. The molecule has 0 spiro atoms. The van der Waals surface area contributed by atoms with E-state index in [0.29, 0.717) is 12.1 Å². The zero-order valence-electron chi connectivity index (χ0n) is 11.3. The van der Waals surface area contributed by atoms with E-state index in [1.165, 1.54) is 0 Å². The number of carbonyl (C=O) groups is 1. The Kier molecular flexibility index (Phi) is 4.73. The highest BCUT2D eigenvalue weighted by Crippen LogP contribution is 2.11. The van der Waals surface area contributed by atoms with Crippen LogP contribution in [-0.2, 0) is 13.6 Å². The molecule has 6 heteroatoms. The van der Waals surface area contributed by atoms with Crippen molar-refractivity contribution in [3.8, 4) is 0 Å². The number of amides is 1. The lowest BCUT2D eigenvalue weighted by molar-refractivity contribution is 0.0945. The molecule has 0 atom stereocenters. The van der Waals surface area contributed by atoms with Crippen molar-refractivity contribution < 1.29 is 9.90 Å². The van der Waals surface area contributed by atoms with Crippen LogP contribution in [0.5, 0.6) is 0 Å². The molecule has 1 aromatic heterocycles. The minimum absolute atomic E-state index is 0.0590. The van der Waals surface area contributed by atoms with E-state index < -0.39 is 0 Å². The number of nitrogens with zero attached hydrogens (tertiary/aromatic N) is 2. The number of nitrogens with one attached hydrogen (secondary N) is 2. The molecule has 0 aliphatic carbocycles. The van der Waals surface area contributed by atoms with E-state index in [-0.39, 0.29) is 19.1 Å². The first kappa shape index (κ1) is 14.1. The number of aryl methyl sites for hydroxylation is 1. The van der Waals surface area contributed by atoms with Crippen LogP contribution in [0.1, 0.15) is 15.9 Å². The van der Waals surface area contributed by atoms with Crippen molar-refractivity contribution in [3.63, 3.8) is 0 Å². The molecule has 3 N–H and O–H groups in total. The summed E-state index contributed by atoms with van der Waals surface area (Å²) in [7, 11) is 1.88. The van der Waals surface area contributed by atoms with Crippen LogP contribution in [0.25, 0.3) is 0 Å². The lowest BCUT2D eigenvalue weighted by Crippen LogP contribution is -2.26. The highest BCUT2D eigenvalue weighted by atomic mass is 16.3. The summed E-state index contributed by atoms with van der Waals surface area (Å²) in [4.78, 5) is 11.6. The molecule has 2 aromatic rings. The second-order valence-corrected chi connectivity index (χ2v) is 4.43. The van der Waals surface area contributed by atoms with Gasteiger partial charge in [0, 0.05) is 43.1 Å².